The Morgan fingerprint density at radius 2 is 2.56 bits per heavy atom. The summed E-state index contributed by atoms with van der Waals surface area (Å²) in [5.41, 5.74) is 2.43. The third-order valence-corrected chi connectivity index (χ3v) is 2.01. The van der Waals surface area contributed by atoms with Crippen LogP contribution in [0.5, 0.6) is 0 Å². The van der Waals surface area contributed by atoms with Gasteiger partial charge in [0.25, 0.3) is 0 Å². The van der Waals surface area contributed by atoms with Crippen molar-refractivity contribution in [1.29, 1.82) is 0 Å². The SMILES string of the molecule is C=C=CC(=O)C(Br)CC. The van der Waals surface area contributed by atoms with Crippen molar-refractivity contribution in [3.05, 3.63) is 18.4 Å². The normalized spacial score (nSPS) is 11.8. The van der Waals surface area contributed by atoms with Crippen molar-refractivity contribution in [3.8, 4) is 0 Å². The molecule has 0 saturated carbocycles. The lowest BCUT2D eigenvalue weighted by Crippen LogP contribution is -2.08. The van der Waals surface area contributed by atoms with Gasteiger partial charge in [0.05, 0.1) is 4.83 Å². The predicted octanol–water partition coefficient (Wildman–Crippen LogP) is 2.07. The summed E-state index contributed by atoms with van der Waals surface area (Å²) in [6, 6.07) is 0. The number of alkyl halides is 1. The van der Waals surface area contributed by atoms with Crippen molar-refractivity contribution in [1.82, 2.24) is 0 Å². The minimum Gasteiger partial charge on any atom is -0.293 e. The first-order chi connectivity index (χ1) is 4.22. The Morgan fingerprint density at radius 1 is 2.00 bits per heavy atom. The summed E-state index contributed by atoms with van der Waals surface area (Å²) < 4.78 is 0. The largest absolute Gasteiger partial charge is 0.293 e. The van der Waals surface area contributed by atoms with Crippen LogP contribution in [0, 0.1) is 0 Å². The molecule has 0 aliphatic carbocycles. The van der Waals surface area contributed by atoms with E-state index in [0.29, 0.717) is 0 Å². The molecule has 0 aromatic carbocycles. The molecule has 0 spiro atoms. The van der Waals surface area contributed by atoms with Crippen molar-refractivity contribution in [3.63, 3.8) is 0 Å². The second-order valence-electron chi connectivity index (χ2n) is 1.63. The summed E-state index contributed by atoms with van der Waals surface area (Å²) in [6.45, 7) is 5.23. The van der Waals surface area contributed by atoms with Crippen LogP contribution in [0.15, 0.2) is 18.4 Å². The fraction of sp³-hybridized carbons (Fsp3) is 0.429. The number of carbonyl (C=O) groups excluding carboxylic acids is 1. The molecule has 1 unspecified atom stereocenters. The van der Waals surface area contributed by atoms with Crippen LogP contribution in [-0.4, -0.2) is 10.6 Å². The van der Waals surface area contributed by atoms with Crippen LogP contribution >= 0.6 is 15.9 Å². The fourth-order valence-electron chi connectivity index (χ4n) is 0.392. The predicted molar refractivity (Wildman–Crippen MR) is 41.7 cm³/mol. The molecule has 0 radical (unpaired) electrons. The van der Waals surface area contributed by atoms with Gasteiger partial charge in [-0.05, 0) is 6.42 Å². The van der Waals surface area contributed by atoms with E-state index in [4.69, 9.17) is 0 Å². The van der Waals surface area contributed by atoms with E-state index in [-0.39, 0.29) is 10.6 Å². The van der Waals surface area contributed by atoms with Crippen LogP contribution in [-0.2, 0) is 4.79 Å². The maximum absolute atomic E-state index is 10.8. The molecule has 0 aliphatic heterocycles. The molecule has 0 aliphatic rings. The highest BCUT2D eigenvalue weighted by molar-refractivity contribution is 9.10. The topological polar surface area (TPSA) is 17.1 Å². The summed E-state index contributed by atoms with van der Waals surface area (Å²) in [5, 5.41) is 0. The first kappa shape index (κ1) is 8.67. The van der Waals surface area contributed by atoms with Crippen LogP contribution in [0.25, 0.3) is 0 Å². The second-order valence-corrected chi connectivity index (χ2v) is 2.73. The van der Waals surface area contributed by atoms with E-state index >= 15 is 0 Å². The molecule has 0 bridgehead atoms. The first-order valence-corrected chi connectivity index (χ1v) is 3.67. The van der Waals surface area contributed by atoms with E-state index in [1.54, 1.807) is 0 Å². The van der Waals surface area contributed by atoms with E-state index in [1.807, 2.05) is 6.92 Å². The molecule has 0 amide bonds. The molecule has 0 saturated heterocycles. The minimum absolute atomic E-state index is 0.0347. The average molecular weight is 189 g/mol. The molecule has 0 aromatic heterocycles. The molecule has 50 valence electrons. The summed E-state index contributed by atoms with van der Waals surface area (Å²) in [4.78, 5) is 10.7. The standard InChI is InChI=1S/C7H9BrO/c1-3-5-7(9)6(8)4-2/h5-6H,1,4H2,2H3. The number of halogens is 1. The van der Waals surface area contributed by atoms with Gasteiger partial charge in [0.2, 0.25) is 0 Å². The Labute approximate surface area is 63.6 Å². The van der Waals surface area contributed by atoms with Crippen molar-refractivity contribution in [2.24, 2.45) is 0 Å². The van der Waals surface area contributed by atoms with Gasteiger partial charge in [-0.15, -0.1) is 5.73 Å². The molecule has 0 aromatic rings. The zero-order chi connectivity index (χ0) is 7.28. The summed E-state index contributed by atoms with van der Waals surface area (Å²) in [6.07, 6.45) is 2.15. The summed E-state index contributed by atoms with van der Waals surface area (Å²) >= 11 is 3.19. The van der Waals surface area contributed by atoms with Crippen LogP contribution in [0.2, 0.25) is 0 Å². The second kappa shape index (κ2) is 4.54. The Kier molecular flexibility index (Phi) is 4.37. The highest BCUT2D eigenvalue weighted by Gasteiger charge is 2.06. The quantitative estimate of drug-likeness (QED) is 0.377. The lowest BCUT2D eigenvalue weighted by atomic mass is 10.2. The van der Waals surface area contributed by atoms with E-state index in [9.17, 15) is 4.79 Å². The lowest BCUT2D eigenvalue weighted by Gasteiger charge is -1.97. The van der Waals surface area contributed by atoms with Gasteiger partial charge in [-0.3, -0.25) is 4.79 Å². The van der Waals surface area contributed by atoms with Gasteiger partial charge in [0, 0.05) is 6.08 Å². The molecule has 9 heavy (non-hydrogen) atoms. The van der Waals surface area contributed by atoms with Crippen molar-refractivity contribution >= 4 is 21.7 Å². The minimum atomic E-state index is -0.0632. The van der Waals surface area contributed by atoms with E-state index in [0.717, 1.165) is 6.42 Å². The van der Waals surface area contributed by atoms with Crippen molar-refractivity contribution in [2.75, 3.05) is 0 Å². The van der Waals surface area contributed by atoms with Gasteiger partial charge in [-0.2, -0.15) is 0 Å². The molecule has 0 fully saturated rings. The molecular formula is C7H9BrO. The Hall–Kier alpha value is -0.330. The van der Waals surface area contributed by atoms with Gasteiger partial charge < -0.3 is 0 Å². The Bertz CT molecular complexity index is 145. The number of allylic oxidation sites excluding steroid dienone is 1. The maximum atomic E-state index is 10.8. The molecule has 1 nitrogen and oxygen atoms in total. The fourth-order valence-corrected chi connectivity index (χ4v) is 0.524. The number of rotatable bonds is 3. The molecular weight excluding hydrogens is 180 g/mol. The maximum Gasteiger partial charge on any atom is 0.176 e. The Balaban J connectivity index is 3.87. The molecule has 1 atom stereocenters. The summed E-state index contributed by atoms with van der Waals surface area (Å²) in [5.74, 6) is 0.0347. The summed E-state index contributed by atoms with van der Waals surface area (Å²) in [7, 11) is 0. The van der Waals surface area contributed by atoms with Crippen LogP contribution < -0.4 is 0 Å². The monoisotopic (exact) mass is 188 g/mol. The molecule has 0 N–H and O–H groups in total. The smallest absolute Gasteiger partial charge is 0.176 e. The zero-order valence-corrected chi connectivity index (χ0v) is 6.94. The van der Waals surface area contributed by atoms with Gasteiger partial charge in [0.15, 0.2) is 5.78 Å². The third-order valence-electron chi connectivity index (χ3n) is 0.911. The first-order valence-electron chi connectivity index (χ1n) is 2.76. The highest BCUT2D eigenvalue weighted by atomic mass is 79.9. The van der Waals surface area contributed by atoms with E-state index < -0.39 is 0 Å². The van der Waals surface area contributed by atoms with E-state index in [2.05, 4.69) is 28.2 Å². The average Bonchev–Trinajstić information content (AvgIpc) is 1.87. The van der Waals surface area contributed by atoms with Crippen LogP contribution in [0.1, 0.15) is 13.3 Å². The number of hydrogen-bond acceptors (Lipinski definition) is 1. The molecule has 2 heteroatoms. The highest BCUT2D eigenvalue weighted by Crippen LogP contribution is 2.05. The van der Waals surface area contributed by atoms with Crippen LogP contribution in [0.3, 0.4) is 0 Å². The number of carbonyl (C=O) groups is 1. The Morgan fingerprint density at radius 3 is 2.89 bits per heavy atom. The van der Waals surface area contributed by atoms with Gasteiger partial charge in [0.1, 0.15) is 0 Å². The van der Waals surface area contributed by atoms with Crippen molar-refractivity contribution in [2.45, 2.75) is 18.2 Å². The van der Waals surface area contributed by atoms with Gasteiger partial charge in [-0.1, -0.05) is 29.4 Å². The molecule has 0 rings (SSSR count). The molecule has 0 heterocycles. The zero-order valence-electron chi connectivity index (χ0n) is 5.36. The van der Waals surface area contributed by atoms with Crippen LogP contribution in [0.4, 0.5) is 0 Å². The van der Waals surface area contributed by atoms with Crippen molar-refractivity contribution < 1.29 is 4.79 Å². The van der Waals surface area contributed by atoms with Gasteiger partial charge in [-0.25, -0.2) is 0 Å². The third kappa shape index (κ3) is 3.28. The van der Waals surface area contributed by atoms with E-state index in [1.165, 1.54) is 6.08 Å². The lowest BCUT2D eigenvalue weighted by molar-refractivity contribution is -0.114. The number of hydrogen-bond donors (Lipinski definition) is 0. The van der Waals surface area contributed by atoms with Gasteiger partial charge >= 0.3 is 0 Å². The number of ketones is 1.